The Bertz CT molecular complexity index is 1120. The summed E-state index contributed by atoms with van der Waals surface area (Å²) in [5, 5.41) is 0.388. The number of ether oxygens (including phenoxy) is 2. The van der Waals surface area contributed by atoms with E-state index in [1.54, 1.807) is 25.4 Å². The maximum atomic E-state index is 13.0. The maximum absolute atomic E-state index is 13.0. The summed E-state index contributed by atoms with van der Waals surface area (Å²) in [4.78, 5) is 34.3. The fourth-order valence-corrected chi connectivity index (χ4v) is 3.57. The van der Waals surface area contributed by atoms with Crippen LogP contribution in [0, 0.1) is 5.92 Å². The van der Waals surface area contributed by atoms with Crippen molar-refractivity contribution in [2.75, 3.05) is 20.3 Å². The van der Waals surface area contributed by atoms with Gasteiger partial charge in [0, 0.05) is 19.5 Å². The number of hydrogen-bond acceptors (Lipinski definition) is 6. The molecular weight excluding hydrogens is 358 g/mol. The first-order valence-corrected chi connectivity index (χ1v) is 9.19. The largest absolute Gasteiger partial charge is 0.382 e. The van der Waals surface area contributed by atoms with Gasteiger partial charge in [-0.1, -0.05) is 19.9 Å². The van der Waals surface area contributed by atoms with Gasteiger partial charge in [0.25, 0.3) is 5.56 Å². The van der Waals surface area contributed by atoms with Gasteiger partial charge in [0.15, 0.2) is 5.82 Å². The lowest BCUT2D eigenvalue weighted by molar-refractivity contribution is -0.00697. The summed E-state index contributed by atoms with van der Waals surface area (Å²) in [5.74, 6) is 0.0904. The predicted octanol–water partition coefficient (Wildman–Crippen LogP) is 2.69. The standard InChI is InChI=1S/C21H21N3O4/c1-12(2)19(28-9-8-27-3)13-4-5-17-14(10-13)18(25)20-23-16-6-7-22-11-15(16)21(26)24(17)20/h4-7,10-12,19H,8-9H2,1-3H3. The number of methoxy groups -OCH3 is 1. The molecule has 7 heteroatoms. The average molecular weight is 379 g/mol. The zero-order valence-electron chi connectivity index (χ0n) is 16.0. The summed E-state index contributed by atoms with van der Waals surface area (Å²) in [5.41, 5.74) is 2.09. The number of carbonyl (C=O) groups excluding carboxylic acids is 1. The molecule has 0 spiro atoms. The Kier molecular flexibility index (Phi) is 4.78. The van der Waals surface area contributed by atoms with Crippen molar-refractivity contribution in [1.82, 2.24) is 14.5 Å². The molecule has 0 radical (unpaired) electrons. The van der Waals surface area contributed by atoms with Crippen LogP contribution in [0.5, 0.6) is 0 Å². The van der Waals surface area contributed by atoms with E-state index in [1.165, 1.54) is 10.8 Å². The predicted molar refractivity (Wildman–Crippen MR) is 104 cm³/mol. The number of rotatable bonds is 6. The van der Waals surface area contributed by atoms with E-state index in [0.29, 0.717) is 35.4 Å². The van der Waals surface area contributed by atoms with E-state index in [1.807, 2.05) is 12.1 Å². The Morgan fingerprint density at radius 1 is 1.14 bits per heavy atom. The topological polar surface area (TPSA) is 83.3 Å². The summed E-state index contributed by atoms with van der Waals surface area (Å²) in [6.07, 6.45) is 2.86. The highest BCUT2D eigenvalue weighted by molar-refractivity contribution is 6.13. The average Bonchev–Trinajstić information content (AvgIpc) is 2.97. The molecule has 28 heavy (non-hydrogen) atoms. The number of carbonyl (C=O) groups is 1. The van der Waals surface area contributed by atoms with Crippen LogP contribution in [0.4, 0.5) is 0 Å². The molecule has 1 unspecified atom stereocenters. The first-order valence-electron chi connectivity index (χ1n) is 9.19. The van der Waals surface area contributed by atoms with Gasteiger partial charge in [-0.25, -0.2) is 4.98 Å². The lowest BCUT2D eigenvalue weighted by Crippen LogP contribution is -2.21. The highest BCUT2D eigenvalue weighted by Crippen LogP contribution is 2.32. The van der Waals surface area contributed by atoms with Crippen molar-refractivity contribution in [3.8, 4) is 5.69 Å². The molecule has 0 saturated heterocycles. The van der Waals surface area contributed by atoms with E-state index < -0.39 is 0 Å². The lowest BCUT2D eigenvalue weighted by atomic mass is 9.96. The highest BCUT2D eigenvalue weighted by Gasteiger charge is 2.31. The van der Waals surface area contributed by atoms with Crippen LogP contribution in [-0.2, 0) is 9.47 Å². The monoisotopic (exact) mass is 379 g/mol. The van der Waals surface area contributed by atoms with E-state index in [-0.39, 0.29) is 29.2 Å². The number of aromatic nitrogens is 3. The molecule has 0 aliphatic carbocycles. The van der Waals surface area contributed by atoms with Crippen LogP contribution in [0.15, 0.2) is 41.5 Å². The minimum Gasteiger partial charge on any atom is -0.382 e. The molecule has 3 aromatic rings. The summed E-state index contributed by atoms with van der Waals surface area (Å²) in [6, 6.07) is 7.14. The molecule has 3 heterocycles. The maximum Gasteiger partial charge on any atom is 0.267 e. The van der Waals surface area contributed by atoms with E-state index in [4.69, 9.17) is 9.47 Å². The van der Waals surface area contributed by atoms with Crippen LogP contribution in [0.25, 0.3) is 16.6 Å². The Labute approximate surface area is 162 Å². The van der Waals surface area contributed by atoms with Gasteiger partial charge in [-0.2, -0.15) is 0 Å². The second-order valence-electron chi connectivity index (χ2n) is 7.10. The summed E-state index contributed by atoms with van der Waals surface area (Å²) >= 11 is 0. The fourth-order valence-electron chi connectivity index (χ4n) is 3.57. The SMILES string of the molecule is COCCOC(c1ccc2c(c1)C(=O)c1nc3ccncc3c(=O)n1-2)C(C)C. The van der Waals surface area contributed by atoms with E-state index in [9.17, 15) is 9.59 Å². The van der Waals surface area contributed by atoms with Gasteiger partial charge in [-0.15, -0.1) is 0 Å². The smallest absolute Gasteiger partial charge is 0.267 e. The Morgan fingerprint density at radius 3 is 2.71 bits per heavy atom. The van der Waals surface area contributed by atoms with Crippen molar-refractivity contribution in [1.29, 1.82) is 0 Å². The first kappa shape index (κ1) is 18.5. The van der Waals surface area contributed by atoms with Crippen molar-refractivity contribution in [3.63, 3.8) is 0 Å². The molecule has 0 fully saturated rings. The van der Waals surface area contributed by atoms with Crippen LogP contribution >= 0.6 is 0 Å². The van der Waals surface area contributed by atoms with Gasteiger partial charge in [0.1, 0.15) is 0 Å². The molecule has 7 nitrogen and oxygen atoms in total. The molecule has 0 N–H and O–H groups in total. The third-order valence-electron chi connectivity index (χ3n) is 4.90. The van der Waals surface area contributed by atoms with Crippen LogP contribution in [-0.4, -0.2) is 40.6 Å². The van der Waals surface area contributed by atoms with Crippen molar-refractivity contribution in [2.24, 2.45) is 5.92 Å². The molecule has 4 rings (SSSR count). The molecule has 1 atom stereocenters. The van der Waals surface area contributed by atoms with Crippen LogP contribution < -0.4 is 5.56 Å². The zero-order valence-corrected chi connectivity index (χ0v) is 16.0. The number of pyridine rings is 1. The molecule has 0 saturated carbocycles. The van der Waals surface area contributed by atoms with Gasteiger partial charge >= 0.3 is 0 Å². The van der Waals surface area contributed by atoms with Gasteiger partial charge in [-0.05, 0) is 29.7 Å². The number of fused-ring (bicyclic) bond motifs is 4. The molecule has 144 valence electrons. The van der Waals surface area contributed by atoms with Gasteiger partial charge in [-0.3, -0.25) is 19.1 Å². The van der Waals surface area contributed by atoms with E-state index in [2.05, 4.69) is 23.8 Å². The quantitative estimate of drug-likeness (QED) is 0.479. The summed E-state index contributed by atoms with van der Waals surface area (Å²) < 4.78 is 12.4. The third kappa shape index (κ3) is 2.93. The van der Waals surface area contributed by atoms with Gasteiger partial charge in [0.05, 0.1) is 41.5 Å². The van der Waals surface area contributed by atoms with Crippen LogP contribution in [0.3, 0.4) is 0 Å². The fraction of sp³-hybridized carbons (Fsp3) is 0.333. The van der Waals surface area contributed by atoms with Crippen molar-refractivity contribution < 1.29 is 14.3 Å². The number of nitrogens with zero attached hydrogens (tertiary/aromatic N) is 3. The van der Waals surface area contributed by atoms with Crippen molar-refractivity contribution in [2.45, 2.75) is 20.0 Å². The molecule has 2 aromatic heterocycles. The second-order valence-corrected chi connectivity index (χ2v) is 7.10. The molecule has 1 aliphatic rings. The van der Waals surface area contributed by atoms with E-state index >= 15 is 0 Å². The van der Waals surface area contributed by atoms with Gasteiger partial charge in [0.2, 0.25) is 5.78 Å². The Morgan fingerprint density at radius 2 is 1.96 bits per heavy atom. The highest BCUT2D eigenvalue weighted by atomic mass is 16.5. The number of benzene rings is 1. The molecule has 0 amide bonds. The molecule has 0 bridgehead atoms. The molecule has 1 aliphatic heterocycles. The van der Waals surface area contributed by atoms with E-state index in [0.717, 1.165) is 5.56 Å². The molecular formula is C21H21N3O4. The Hall–Kier alpha value is -2.90. The minimum absolute atomic E-state index is 0.136. The second kappa shape index (κ2) is 7.26. The number of ketones is 1. The van der Waals surface area contributed by atoms with Crippen LogP contribution in [0.1, 0.15) is 41.7 Å². The lowest BCUT2D eigenvalue weighted by Gasteiger charge is -2.22. The van der Waals surface area contributed by atoms with Crippen LogP contribution in [0.2, 0.25) is 0 Å². The molecule has 1 aromatic carbocycles. The normalized spacial score (nSPS) is 13.8. The third-order valence-corrected chi connectivity index (χ3v) is 4.90. The van der Waals surface area contributed by atoms with Gasteiger partial charge < -0.3 is 9.47 Å². The zero-order chi connectivity index (χ0) is 19.8. The number of hydrogen-bond donors (Lipinski definition) is 0. The van der Waals surface area contributed by atoms with Crippen molar-refractivity contribution in [3.05, 3.63) is 64.0 Å². The summed E-state index contributed by atoms with van der Waals surface area (Å²) in [6.45, 7) is 5.09. The van der Waals surface area contributed by atoms with Crippen molar-refractivity contribution >= 4 is 16.7 Å². The first-order chi connectivity index (χ1) is 13.5. The Balaban J connectivity index is 1.80. The minimum atomic E-state index is -0.287. The summed E-state index contributed by atoms with van der Waals surface area (Å²) in [7, 11) is 1.63.